The number of aliphatic imine (C=N–C) groups is 1. The van der Waals surface area contributed by atoms with Crippen molar-refractivity contribution in [3.05, 3.63) is 41.7 Å². The summed E-state index contributed by atoms with van der Waals surface area (Å²) >= 11 is 0. The van der Waals surface area contributed by atoms with Crippen LogP contribution in [-0.2, 0) is 13.6 Å². The number of nitrogens with zero attached hydrogens (tertiary/aromatic N) is 5. The van der Waals surface area contributed by atoms with Crippen molar-refractivity contribution in [3.8, 4) is 0 Å². The first-order chi connectivity index (χ1) is 12.6. The average molecular weight is 359 g/mol. The molecule has 2 heterocycles. The lowest BCUT2D eigenvalue weighted by Gasteiger charge is -2.36. The predicted octanol–water partition coefficient (Wildman–Crippen LogP) is 1.60. The molecule has 1 atom stereocenters. The molecule has 1 unspecified atom stereocenters. The van der Waals surface area contributed by atoms with E-state index in [1.807, 2.05) is 20.0 Å². The number of piperidine rings is 1. The monoisotopic (exact) mass is 359 g/mol. The first kappa shape index (κ1) is 18.2. The molecule has 1 aliphatic rings. The number of aryl methyl sites for hydroxylation is 2. The third kappa shape index (κ3) is 4.30. The second-order valence-corrected chi connectivity index (χ2v) is 6.59. The van der Waals surface area contributed by atoms with Crippen LogP contribution >= 0.6 is 0 Å². The number of hydrogen-bond acceptors (Lipinski definition) is 4. The van der Waals surface area contributed by atoms with E-state index in [2.05, 4.69) is 30.6 Å². The van der Waals surface area contributed by atoms with Crippen LogP contribution in [0.4, 0.5) is 10.1 Å². The van der Waals surface area contributed by atoms with Crippen LogP contribution in [0.2, 0.25) is 0 Å². The highest BCUT2D eigenvalue weighted by Gasteiger charge is 2.22. The van der Waals surface area contributed by atoms with Crippen LogP contribution in [0.25, 0.3) is 0 Å². The number of hydrogen-bond donors (Lipinski definition) is 2. The van der Waals surface area contributed by atoms with Gasteiger partial charge in [0.1, 0.15) is 18.0 Å². The molecular formula is C18H26FN7. The van der Waals surface area contributed by atoms with Gasteiger partial charge in [-0.3, -0.25) is 9.67 Å². The van der Waals surface area contributed by atoms with Crippen LogP contribution in [0.1, 0.15) is 24.2 Å². The Morgan fingerprint density at radius 3 is 2.96 bits per heavy atom. The van der Waals surface area contributed by atoms with Gasteiger partial charge in [0, 0.05) is 38.9 Å². The van der Waals surface area contributed by atoms with Gasteiger partial charge in [0.15, 0.2) is 5.96 Å². The van der Waals surface area contributed by atoms with Crippen LogP contribution in [0.3, 0.4) is 0 Å². The first-order valence-electron chi connectivity index (χ1n) is 8.88. The van der Waals surface area contributed by atoms with E-state index in [4.69, 9.17) is 0 Å². The Bertz CT molecular complexity index is 771. The molecular weight excluding hydrogens is 333 g/mol. The molecule has 140 valence electrons. The van der Waals surface area contributed by atoms with E-state index in [1.54, 1.807) is 17.8 Å². The predicted molar refractivity (Wildman–Crippen MR) is 101 cm³/mol. The minimum Gasteiger partial charge on any atom is -0.369 e. The Labute approximate surface area is 153 Å². The van der Waals surface area contributed by atoms with Gasteiger partial charge in [-0.1, -0.05) is 0 Å². The molecule has 3 rings (SSSR count). The topological polar surface area (TPSA) is 70.4 Å². The molecule has 7 nitrogen and oxygen atoms in total. The smallest absolute Gasteiger partial charge is 0.191 e. The summed E-state index contributed by atoms with van der Waals surface area (Å²) in [5.74, 6) is 1.40. The highest BCUT2D eigenvalue weighted by Crippen LogP contribution is 2.24. The van der Waals surface area contributed by atoms with Gasteiger partial charge in [0.05, 0.1) is 6.54 Å². The van der Waals surface area contributed by atoms with Crippen molar-refractivity contribution in [2.45, 2.75) is 32.4 Å². The van der Waals surface area contributed by atoms with E-state index < -0.39 is 0 Å². The summed E-state index contributed by atoms with van der Waals surface area (Å²) in [5, 5.41) is 10.8. The maximum atomic E-state index is 13.4. The van der Waals surface area contributed by atoms with Gasteiger partial charge < -0.3 is 15.5 Å². The molecule has 2 N–H and O–H groups in total. The van der Waals surface area contributed by atoms with E-state index in [-0.39, 0.29) is 11.9 Å². The molecule has 0 spiro atoms. The zero-order valence-corrected chi connectivity index (χ0v) is 15.5. The van der Waals surface area contributed by atoms with Crippen LogP contribution in [-0.4, -0.2) is 46.9 Å². The lowest BCUT2D eigenvalue weighted by molar-refractivity contribution is 0.467. The van der Waals surface area contributed by atoms with Crippen molar-refractivity contribution in [1.29, 1.82) is 0 Å². The molecule has 1 aliphatic heterocycles. The van der Waals surface area contributed by atoms with Crippen LogP contribution < -0.4 is 15.5 Å². The van der Waals surface area contributed by atoms with E-state index in [0.717, 1.165) is 49.0 Å². The molecule has 1 saturated heterocycles. The number of anilines is 1. The molecule has 8 heteroatoms. The third-order valence-corrected chi connectivity index (χ3v) is 4.70. The molecule has 1 aromatic heterocycles. The number of rotatable bonds is 4. The van der Waals surface area contributed by atoms with Gasteiger partial charge in [-0.15, -0.1) is 0 Å². The van der Waals surface area contributed by atoms with Gasteiger partial charge in [-0.25, -0.2) is 9.37 Å². The van der Waals surface area contributed by atoms with Crippen LogP contribution in [0, 0.1) is 12.7 Å². The lowest BCUT2D eigenvalue weighted by atomic mass is 10.0. The molecule has 0 amide bonds. The van der Waals surface area contributed by atoms with Crippen molar-refractivity contribution >= 4 is 11.6 Å². The molecule has 1 fully saturated rings. The van der Waals surface area contributed by atoms with Gasteiger partial charge in [-0.2, -0.15) is 5.10 Å². The fraction of sp³-hybridized carbons (Fsp3) is 0.500. The Kier molecular flexibility index (Phi) is 5.70. The minimum absolute atomic E-state index is 0.189. The zero-order chi connectivity index (χ0) is 18.5. The molecule has 2 aromatic rings. The molecule has 0 aliphatic carbocycles. The number of nitrogens with one attached hydrogen (secondary N) is 2. The van der Waals surface area contributed by atoms with Gasteiger partial charge >= 0.3 is 0 Å². The van der Waals surface area contributed by atoms with E-state index >= 15 is 0 Å². The van der Waals surface area contributed by atoms with Gasteiger partial charge in [0.25, 0.3) is 0 Å². The molecule has 0 bridgehead atoms. The van der Waals surface area contributed by atoms with Gasteiger partial charge in [0.2, 0.25) is 0 Å². The second-order valence-electron chi connectivity index (χ2n) is 6.59. The number of guanidine groups is 1. The Hall–Kier alpha value is -2.64. The van der Waals surface area contributed by atoms with Crippen LogP contribution in [0.15, 0.2) is 29.5 Å². The normalized spacial score (nSPS) is 18.1. The fourth-order valence-electron chi connectivity index (χ4n) is 3.32. The number of halogens is 1. The quantitative estimate of drug-likeness (QED) is 0.641. The third-order valence-electron chi connectivity index (χ3n) is 4.70. The van der Waals surface area contributed by atoms with E-state index in [9.17, 15) is 4.39 Å². The van der Waals surface area contributed by atoms with Crippen molar-refractivity contribution < 1.29 is 4.39 Å². The summed E-state index contributed by atoms with van der Waals surface area (Å²) in [7, 11) is 3.63. The molecule has 1 aromatic carbocycles. The minimum atomic E-state index is -0.189. The van der Waals surface area contributed by atoms with E-state index in [1.165, 1.54) is 12.4 Å². The maximum Gasteiger partial charge on any atom is 0.191 e. The van der Waals surface area contributed by atoms with Crippen molar-refractivity contribution in [2.75, 3.05) is 25.0 Å². The molecule has 26 heavy (non-hydrogen) atoms. The summed E-state index contributed by atoms with van der Waals surface area (Å²) in [6, 6.07) is 5.27. The fourth-order valence-corrected chi connectivity index (χ4v) is 3.32. The Morgan fingerprint density at radius 2 is 2.27 bits per heavy atom. The van der Waals surface area contributed by atoms with Crippen molar-refractivity contribution in [2.24, 2.45) is 12.0 Å². The summed E-state index contributed by atoms with van der Waals surface area (Å²) < 4.78 is 15.1. The SMILES string of the molecule is CN=C(NCc1ncnn1C)NC1CCCN(c2ccc(F)cc2C)C1. The summed E-state index contributed by atoms with van der Waals surface area (Å²) in [6.07, 6.45) is 3.69. The highest BCUT2D eigenvalue weighted by molar-refractivity contribution is 5.80. The van der Waals surface area contributed by atoms with Crippen molar-refractivity contribution in [3.63, 3.8) is 0 Å². The Morgan fingerprint density at radius 1 is 1.42 bits per heavy atom. The lowest BCUT2D eigenvalue weighted by Crippen LogP contribution is -2.51. The highest BCUT2D eigenvalue weighted by atomic mass is 19.1. The molecule has 0 saturated carbocycles. The Balaban J connectivity index is 1.59. The second kappa shape index (κ2) is 8.16. The number of aromatic nitrogens is 3. The summed E-state index contributed by atoms with van der Waals surface area (Å²) in [5.41, 5.74) is 2.07. The van der Waals surface area contributed by atoms with Crippen molar-refractivity contribution in [1.82, 2.24) is 25.4 Å². The molecule has 0 radical (unpaired) electrons. The maximum absolute atomic E-state index is 13.4. The zero-order valence-electron chi connectivity index (χ0n) is 15.5. The van der Waals surface area contributed by atoms with E-state index in [0.29, 0.717) is 6.54 Å². The average Bonchev–Trinajstić information content (AvgIpc) is 3.04. The summed E-state index contributed by atoms with van der Waals surface area (Å²) in [4.78, 5) is 10.8. The number of benzene rings is 1. The first-order valence-corrected chi connectivity index (χ1v) is 8.88. The summed E-state index contributed by atoms with van der Waals surface area (Å²) in [6.45, 7) is 4.35. The van der Waals surface area contributed by atoms with Crippen LogP contribution in [0.5, 0.6) is 0 Å². The largest absolute Gasteiger partial charge is 0.369 e. The standard InChI is InChI=1S/C18H26FN7/c1-13-9-14(19)6-7-16(13)26-8-4-5-15(11-26)24-18(20-2)21-10-17-22-12-23-25(17)3/h6-7,9,12,15H,4-5,8,10-11H2,1-3H3,(H2,20,21,24). The van der Waals surface area contributed by atoms with Gasteiger partial charge in [-0.05, 0) is 43.5 Å².